The molecule has 30 heavy (non-hydrogen) atoms. The quantitative estimate of drug-likeness (QED) is 0.360. The summed E-state index contributed by atoms with van der Waals surface area (Å²) >= 11 is 10.6. The van der Waals surface area contributed by atoms with Crippen molar-refractivity contribution in [3.05, 3.63) is 64.9 Å². The third kappa shape index (κ3) is 4.97. The van der Waals surface area contributed by atoms with Crippen LogP contribution in [0.1, 0.15) is 23.6 Å². The lowest BCUT2D eigenvalue weighted by atomic mass is 10.2. The second-order valence-electron chi connectivity index (χ2n) is 6.52. The van der Waals surface area contributed by atoms with E-state index in [-0.39, 0.29) is 16.9 Å². The largest absolute Gasteiger partial charge is 0.369 e. The summed E-state index contributed by atoms with van der Waals surface area (Å²) in [5, 5.41) is 9.09. The molecule has 1 amide bonds. The number of amides is 1. The first-order chi connectivity index (χ1) is 14.5. The van der Waals surface area contributed by atoms with Crippen molar-refractivity contribution >= 4 is 63.4 Å². The van der Waals surface area contributed by atoms with Gasteiger partial charge in [0.15, 0.2) is 8.68 Å². The zero-order chi connectivity index (χ0) is 21.1. The number of aromatic nitrogens is 4. The van der Waals surface area contributed by atoms with Crippen molar-refractivity contribution in [1.82, 2.24) is 19.7 Å². The maximum atomic E-state index is 11.0. The molecule has 10 heteroatoms. The molecular formula is C20H18ClN5OS3. The predicted octanol–water partition coefficient (Wildman–Crippen LogP) is 5.02. The first-order valence-electron chi connectivity index (χ1n) is 9.10. The van der Waals surface area contributed by atoms with Gasteiger partial charge in [0.2, 0.25) is 5.91 Å². The molecule has 0 aliphatic heterocycles. The van der Waals surface area contributed by atoms with Crippen LogP contribution < -0.4 is 5.73 Å². The standard InChI is InChI=1S/C20H18ClN5OS3/c1-12(29-20-25-24-19(30-20)28-11-17(22)27)18-23-15-9-14(21)7-8-16(15)26(18)10-13-5-3-2-4-6-13/h2-9,12H,10-11H2,1H3,(H2,22,27). The Morgan fingerprint density at radius 2 is 1.97 bits per heavy atom. The van der Waals surface area contributed by atoms with Gasteiger partial charge in [-0.25, -0.2) is 4.98 Å². The highest BCUT2D eigenvalue weighted by molar-refractivity contribution is 8.03. The number of carbonyl (C=O) groups is 1. The Kier molecular flexibility index (Phi) is 6.62. The maximum absolute atomic E-state index is 11.0. The van der Waals surface area contributed by atoms with Gasteiger partial charge in [-0.1, -0.05) is 76.8 Å². The summed E-state index contributed by atoms with van der Waals surface area (Å²) in [6, 6.07) is 16.1. The van der Waals surface area contributed by atoms with Crippen LogP contribution in [0.4, 0.5) is 0 Å². The molecule has 0 fully saturated rings. The van der Waals surface area contributed by atoms with Crippen LogP contribution in [0.3, 0.4) is 0 Å². The lowest BCUT2D eigenvalue weighted by Crippen LogP contribution is -2.12. The third-order valence-corrected chi connectivity index (χ3v) is 7.79. The van der Waals surface area contributed by atoms with Gasteiger partial charge in [0, 0.05) is 11.6 Å². The summed E-state index contributed by atoms with van der Waals surface area (Å²) in [6.07, 6.45) is 0. The smallest absolute Gasteiger partial charge is 0.227 e. The molecule has 0 radical (unpaired) electrons. The van der Waals surface area contributed by atoms with Gasteiger partial charge >= 0.3 is 0 Å². The van der Waals surface area contributed by atoms with Crippen molar-refractivity contribution in [1.29, 1.82) is 0 Å². The molecule has 6 nitrogen and oxygen atoms in total. The molecule has 2 N–H and O–H groups in total. The molecule has 2 heterocycles. The summed E-state index contributed by atoms with van der Waals surface area (Å²) in [5.41, 5.74) is 8.32. The minimum absolute atomic E-state index is 0.0434. The Morgan fingerprint density at radius 3 is 2.73 bits per heavy atom. The molecule has 0 aliphatic carbocycles. The Balaban J connectivity index is 1.62. The number of benzene rings is 2. The van der Waals surface area contributed by atoms with E-state index in [2.05, 4.69) is 33.8 Å². The lowest BCUT2D eigenvalue weighted by Gasteiger charge is -2.13. The van der Waals surface area contributed by atoms with Crippen LogP contribution in [0.5, 0.6) is 0 Å². The Labute approximate surface area is 191 Å². The topological polar surface area (TPSA) is 86.7 Å². The van der Waals surface area contributed by atoms with Gasteiger partial charge in [0.1, 0.15) is 5.82 Å². The monoisotopic (exact) mass is 475 g/mol. The van der Waals surface area contributed by atoms with Gasteiger partial charge in [-0.15, -0.1) is 10.2 Å². The molecule has 0 bridgehead atoms. The highest BCUT2D eigenvalue weighted by Crippen LogP contribution is 2.39. The van der Waals surface area contributed by atoms with E-state index in [1.807, 2.05) is 36.4 Å². The molecule has 4 aromatic rings. The number of imidazole rings is 1. The average Bonchev–Trinajstić information content (AvgIpc) is 3.31. The molecule has 4 rings (SSSR count). The van der Waals surface area contributed by atoms with E-state index in [0.29, 0.717) is 5.02 Å². The molecule has 0 saturated heterocycles. The number of nitrogens with zero attached hydrogens (tertiary/aromatic N) is 4. The van der Waals surface area contributed by atoms with E-state index in [1.54, 1.807) is 11.8 Å². The number of thioether (sulfide) groups is 2. The molecule has 0 saturated carbocycles. The van der Waals surface area contributed by atoms with Crippen molar-refractivity contribution in [2.75, 3.05) is 5.75 Å². The van der Waals surface area contributed by atoms with Crippen molar-refractivity contribution in [3.8, 4) is 0 Å². The SMILES string of the molecule is CC(Sc1nnc(SCC(N)=O)s1)c1nc2cc(Cl)ccc2n1Cc1ccccc1. The molecule has 154 valence electrons. The fraction of sp³-hybridized carbons (Fsp3) is 0.200. The highest BCUT2D eigenvalue weighted by Gasteiger charge is 2.20. The summed E-state index contributed by atoms with van der Waals surface area (Å²) in [7, 11) is 0. The van der Waals surface area contributed by atoms with Gasteiger partial charge in [0.25, 0.3) is 0 Å². The van der Waals surface area contributed by atoms with Crippen LogP contribution in [0, 0.1) is 0 Å². The second kappa shape index (κ2) is 9.38. The number of halogens is 1. The lowest BCUT2D eigenvalue weighted by molar-refractivity contribution is -0.115. The van der Waals surface area contributed by atoms with Crippen LogP contribution in [0.15, 0.2) is 57.2 Å². The van der Waals surface area contributed by atoms with Crippen LogP contribution in [0.2, 0.25) is 5.02 Å². The summed E-state index contributed by atoms with van der Waals surface area (Å²) in [4.78, 5) is 15.9. The number of fused-ring (bicyclic) bond motifs is 1. The molecule has 1 atom stereocenters. The molecule has 2 aromatic heterocycles. The Morgan fingerprint density at radius 1 is 1.20 bits per heavy atom. The zero-order valence-electron chi connectivity index (χ0n) is 16.0. The normalized spacial score (nSPS) is 12.3. The van der Waals surface area contributed by atoms with Crippen molar-refractivity contribution in [2.24, 2.45) is 5.73 Å². The summed E-state index contributed by atoms with van der Waals surface area (Å²) in [6.45, 7) is 2.82. The van der Waals surface area contributed by atoms with Gasteiger partial charge in [-0.3, -0.25) is 4.79 Å². The van der Waals surface area contributed by atoms with Crippen molar-refractivity contribution < 1.29 is 4.79 Å². The first-order valence-corrected chi connectivity index (χ1v) is 12.2. The molecule has 0 aliphatic rings. The average molecular weight is 476 g/mol. The minimum atomic E-state index is -0.369. The number of primary amides is 1. The van der Waals surface area contributed by atoms with Crippen LogP contribution in [-0.4, -0.2) is 31.4 Å². The van der Waals surface area contributed by atoms with Gasteiger partial charge < -0.3 is 10.3 Å². The molecule has 2 aromatic carbocycles. The van der Waals surface area contributed by atoms with Crippen LogP contribution in [-0.2, 0) is 11.3 Å². The van der Waals surface area contributed by atoms with Gasteiger partial charge in [-0.05, 0) is 30.7 Å². The zero-order valence-corrected chi connectivity index (χ0v) is 19.2. The number of carbonyl (C=O) groups excluding carboxylic acids is 1. The predicted molar refractivity (Wildman–Crippen MR) is 124 cm³/mol. The van der Waals surface area contributed by atoms with E-state index < -0.39 is 0 Å². The van der Waals surface area contributed by atoms with Crippen molar-refractivity contribution in [3.63, 3.8) is 0 Å². The summed E-state index contributed by atoms with van der Waals surface area (Å²) < 4.78 is 3.78. The first kappa shape index (κ1) is 21.2. The van der Waals surface area contributed by atoms with Crippen LogP contribution >= 0.6 is 46.5 Å². The third-order valence-electron chi connectivity index (χ3n) is 4.29. The maximum Gasteiger partial charge on any atom is 0.227 e. The fourth-order valence-electron chi connectivity index (χ4n) is 3.00. The Bertz CT molecular complexity index is 1180. The molecule has 0 spiro atoms. The second-order valence-corrected chi connectivity index (χ2v) is 10.7. The fourth-order valence-corrected chi connectivity index (χ4v) is 6.19. The van der Waals surface area contributed by atoms with Gasteiger partial charge in [-0.2, -0.15) is 0 Å². The highest BCUT2D eigenvalue weighted by atomic mass is 35.5. The van der Waals surface area contributed by atoms with Crippen LogP contribution in [0.25, 0.3) is 11.0 Å². The number of rotatable bonds is 8. The van der Waals surface area contributed by atoms with E-state index in [4.69, 9.17) is 22.3 Å². The summed E-state index contributed by atoms with van der Waals surface area (Å²) in [5.74, 6) is 0.774. The minimum Gasteiger partial charge on any atom is -0.369 e. The Hall–Kier alpha value is -2.07. The van der Waals surface area contributed by atoms with Gasteiger partial charge in [0.05, 0.1) is 22.0 Å². The number of nitrogens with two attached hydrogens (primary N) is 1. The number of hydrogen-bond acceptors (Lipinski definition) is 7. The van der Waals surface area contributed by atoms with E-state index in [1.165, 1.54) is 28.7 Å². The van der Waals surface area contributed by atoms with E-state index in [9.17, 15) is 4.79 Å². The number of hydrogen-bond donors (Lipinski definition) is 1. The molecule has 1 unspecified atom stereocenters. The van der Waals surface area contributed by atoms with Crippen molar-refractivity contribution in [2.45, 2.75) is 27.4 Å². The van der Waals surface area contributed by atoms with E-state index >= 15 is 0 Å². The molecular weight excluding hydrogens is 458 g/mol. The van der Waals surface area contributed by atoms with E-state index in [0.717, 1.165) is 32.1 Å².